The first-order chi connectivity index (χ1) is 17.4. The number of benzene rings is 2. The van der Waals surface area contributed by atoms with E-state index in [1.165, 1.54) is 6.07 Å². The number of nitrogens with zero attached hydrogens (tertiary/aromatic N) is 2. The number of hydrogen-bond donors (Lipinski definition) is 4. The lowest BCUT2D eigenvalue weighted by molar-refractivity contribution is 0.141. The molecule has 1 saturated carbocycles. The summed E-state index contributed by atoms with van der Waals surface area (Å²) in [6.45, 7) is 0. The molecular formula is C21H19Cl2F2N5O6S. The van der Waals surface area contributed by atoms with E-state index >= 15 is 0 Å². The van der Waals surface area contributed by atoms with Crippen LogP contribution in [0, 0.1) is 0 Å². The average molecular weight is 578 g/mol. The number of H-pyrrole nitrogens is 1. The molecule has 4 rings (SSSR count). The van der Waals surface area contributed by atoms with Crippen molar-refractivity contribution in [2.75, 3.05) is 7.05 Å². The van der Waals surface area contributed by atoms with Crippen molar-refractivity contribution in [3.05, 3.63) is 66.9 Å². The average Bonchev–Trinajstić information content (AvgIpc) is 2.79. The summed E-state index contributed by atoms with van der Waals surface area (Å²) in [7, 11) is -2.31. The molecule has 198 valence electrons. The second-order valence-electron chi connectivity index (χ2n) is 8.10. The van der Waals surface area contributed by atoms with Crippen LogP contribution < -0.4 is 26.0 Å². The summed E-state index contributed by atoms with van der Waals surface area (Å²) in [5.74, 6) is -0.706. The van der Waals surface area contributed by atoms with Gasteiger partial charge in [0.05, 0.1) is 15.7 Å². The van der Waals surface area contributed by atoms with E-state index in [0.717, 1.165) is 24.3 Å². The molecule has 3 aromatic rings. The van der Waals surface area contributed by atoms with E-state index in [1.54, 1.807) is 12.0 Å². The van der Waals surface area contributed by atoms with Crippen LogP contribution in [0.15, 0.2) is 44.8 Å². The normalized spacial score (nSPS) is 17.6. The summed E-state index contributed by atoms with van der Waals surface area (Å²) in [4.78, 5) is 25.0. The van der Waals surface area contributed by atoms with Crippen LogP contribution in [0.4, 0.5) is 8.78 Å². The smallest absolute Gasteiger partial charge is 0.349 e. The molecule has 37 heavy (non-hydrogen) atoms. The van der Waals surface area contributed by atoms with E-state index in [-0.39, 0.29) is 39.3 Å². The van der Waals surface area contributed by atoms with Crippen molar-refractivity contribution in [3.8, 4) is 22.9 Å². The first-order valence-electron chi connectivity index (χ1n) is 10.6. The number of rotatable bonds is 8. The van der Waals surface area contributed by atoms with Crippen LogP contribution in [-0.2, 0) is 10.0 Å². The number of phenolic OH excluding ortho intramolecular Hbond substituents is 1. The quantitative estimate of drug-likeness (QED) is 0.318. The lowest BCUT2D eigenvalue weighted by atomic mass is 9.88. The Kier molecular flexibility index (Phi) is 7.57. The fraction of sp³-hybridized carbons (Fsp3) is 0.286. The van der Waals surface area contributed by atoms with Crippen molar-refractivity contribution in [2.24, 2.45) is 0 Å². The highest BCUT2D eigenvalue weighted by Crippen LogP contribution is 2.39. The minimum absolute atomic E-state index is 0.0456. The zero-order valence-corrected chi connectivity index (χ0v) is 21.2. The lowest BCUT2D eigenvalue weighted by Gasteiger charge is -2.35. The maximum absolute atomic E-state index is 13.1. The molecule has 0 saturated heterocycles. The number of halogens is 4. The van der Waals surface area contributed by atoms with Crippen molar-refractivity contribution in [2.45, 2.75) is 36.2 Å². The van der Waals surface area contributed by atoms with Gasteiger partial charge in [-0.15, -0.1) is 0 Å². The van der Waals surface area contributed by atoms with Crippen molar-refractivity contribution in [3.63, 3.8) is 0 Å². The van der Waals surface area contributed by atoms with Gasteiger partial charge in [0.25, 0.3) is 12.0 Å². The summed E-state index contributed by atoms with van der Waals surface area (Å²) >= 11 is 12.5. The van der Waals surface area contributed by atoms with Crippen molar-refractivity contribution < 1.29 is 27.0 Å². The van der Waals surface area contributed by atoms with Gasteiger partial charge in [0.1, 0.15) is 16.4 Å². The summed E-state index contributed by atoms with van der Waals surface area (Å²) in [5, 5.41) is 16.2. The highest BCUT2D eigenvalue weighted by atomic mass is 35.5. The molecule has 0 atom stereocenters. The highest BCUT2D eigenvalue weighted by Gasteiger charge is 2.33. The fourth-order valence-corrected chi connectivity index (χ4v) is 5.55. The third kappa shape index (κ3) is 5.62. The van der Waals surface area contributed by atoms with E-state index in [9.17, 15) is 31.9 Å². The van der Waals surface area contributed by atoms with Gasteiger partial charge in [-0.3, -0.25) is 9.78 Å². The number of aromatic hydroxyl groups is 1. The number of aromatic amines is 1. The van der Waals surface area contributed by atoms with Gasteiger partial charge >= 0.3 is 5.69 Å². The molecule has 0 bridgehead atoms. The SMILES string of the molecule is CN[C@H]1C[C@H](NS(=O)(=O)c2cc(Oc3c(Cl)cc(-n4nc(C(F)F)c(=O)[nH]c4=O)cc3Cl)ccc2O)C1. The van der Waals surface area contributed by atoms with Crippen LogP contribution in [0.1, 0.15) is 25.0 Å². The van der Waals surface area contributed by atoms with E-state index in [2.05, 4.69) is 15.1 Å². The Morgan fingerprint density at radius 2 is 1.81 bits per heavy atom. The highest BCUT2D eigenvalue weighted by molar-refractivity contribution is 7.89. The second kappa shape index (κ2) is 10.4. The van der Waals surface area contributed by atoms with Crippen molar-refractivity contribution in [1.82, 2.24) is 24.8 Å². The first kappa shape index (κ1) is 27.0. The van der Waals surface area contributed by atoms with Gasteiger partial charge in [-0.25, -0.2) is 26.7 Å². The molecule has 1 fully saturated rings. The van der Waals surface area contributed by atoms with E-state index in [4.69, 9.17) is 27.9 Å². The Labute approximate surface area is 218 Å². The lowest BCUT2D eigenvalue weighted by Crippen LogP contribution is -2.51. The molecular weight excluding hydrogens is 559 g/mol. The molecule has 1 aliphatic carbocycles. The van der Waals surface area contributed by atoms with Gasteiger partial charge in [-0.2, -0.15) is 9.78 Å². The molecule has 0 amide bonds. The Morgan fingerprint density at radius 3 is 2.41 bits per heavy atom. The number of ether oxygens (including phenoxy) is 1. The molecule has 0 unspecified atom stereocenters. The minimum Gasteiger partial charge on any atom is -0.507 e. The molecule has 0 radical (unpaired) electrons. The first-order valence-corrected chi connectivity index (χ1v) is 12.8. The summed E-state index contributed by atoms with van der Waals surface area (Å²) in [6, 6.07) is 5.63. The molecule has 4 N–H and O–H groups in total. The number of alkyl halides is 2. The van der Waals surface area contributed by atoms with Crippen LogP contribution in [0.5, 0.6) is 17.2 Å². The number of nitrogens with one attached hydrogen (secondary N) is 3. The van der Waals surface area contributed by atoms with Gasteiger partial charge in [0, 0.05) is 18.2 Å². The Hall–Kier alpha value is -3.04. The van der Waals surface area contributed by atoms with Gasteiger partial charge < -0.3 is 15.2 Å². The molecule has 1 aliphatic rings. The number of phenols is 1. The number of aromatic nitrogens is 3. The van der Waals surface area contributed by atoms with Crippen LogP contribution in [0.3, 0.4) is 0 Å². The predicted octanol–water partition coefficient (Wildman–Crippen LogP) is 2.69. The van der Waals surface area contributed by atoms with Gasteiger partial charge in [-0.05, 0) is 44.2 Å². The van der Waals surface area contributed by atoms with Crippen molar-refractivity contribution in [1.29, 1.82) is 0 Å². The van der Waals surface area contributed by atoms with Crippen LogP contribution in [0.2, 0.25) is 10.0 Å². The zero-order valence-electron chi connectivity index (χ0n) is 18.8. The molecule has 0 aliphatic heterocycles. The Balaban J connectivity index is 1.63. The van der Waals surface area contributed by atoms with Crippen molar-refractivity contribution >= 4 is 33.2 Å². The third-order valence-electron chi connectivity index (χ3n) is 5.60. The summed E-state index contributed by atoms with van der Waals surface area (Å²) in [6.07, 6.45) is -2.06. The van der Waals surface area contributed by atoms with E-state index < -0.39 is 44.0 Å². The molecule has 16 heteroatoms. The monoisotopic (exact) mass is 577 g/mol. The number of sulfonamides is 1. The maximum atomic E-state index is 13.1. The molecule has 0 spiro atoms. The third-order valence-corrected chi connectivity index (χ3v) is 7.71. The van der Waals surface area contributed by atoms with Gasteiger partial charge in [0.15, 0.2) is 11.4 Å². The fourth-order valence-electron chi connectivity index (χ4n) is 3.62. The van der Waals surface area contributed by atoms with E-state index in [1.807, 2.05) is 0 Å². The predicted molar refractivity (Wildman–Crippen MR) is 130 cm³/mol. The molecule has 1 heterocycles. The topological polar surface area (TPSA) is 155 Å². The maximum Gasteiger partial charge on any atom is 0.349 e. The summed E-state index contributed by atoms with van der Waals surface area (Å²) in [5.41, 5.74) is -3.77. The van der Waals surface area contributed by atoms with Crippen LogP contribution in [-0.4, -0.2) is 47.4 Å². The second-order valence-corrected chi connectivity index (χ2v) is 10.6. The minimum atomic E-state index is -4.09. The Bertz CT molecular complexity index is 1550. The van der Waals surface area contributed by atoms with E-state index in [0.29, 0.717) is 17.5 Å². The van der Waals surface area contributed by atoms with Crippen LogP contribution in [0.25, 0.3) is 5.69 Å². The van der Waals surface area contributed by atoms with Gasteiger partial charge in [0.2, 0.25) is 10.0 Å². The molecule has 2 aromatic carbocycles. The standard InChI is InChI=1S/C21H19Cl2F2N5O6S/c1-26-9-4-10(5-9)29-37(34,35)16-8-12(2-3-15(16)31)36-18-13(22)6-11(7-14(18)23)30-21(33)27-20(32)17(28-30)19(24)25/h2-3,6-10,19,26,29,31H,4-5H2,1H3,(H,27,32,33)/t9-,10-. The largest absolute Gasteiger partial charge is 0.507 e. The molecule has 11 nitrogen and oxygen atoms in total. The zero-order chi connectivity index (χ0) is 27.1. The van der Waals surface area contributed by atoms with Gasteiger partial charge in [-0.1, -0.05) is 23.2 Å². The number of hydrogen-bond acceptors (Lipinski definition) is 8. The van der Waals surface area contributed by atoms with Crippen LogP contribution >= 0.6 is 23.2 Å². The Morgan fingerprint density at radius 1 is 1.16 bits per heavy atom. The molecule has 1 aromatic heterocycles. The summed E-state index contributed by atoms with van der Waals surface area (Å²) < 4.78 is 60.4.